The molecule has 0 radical (unpaired) electrons. The highest BCUT2D eigenvalue weighted by Gasteiger charge is 2.64. The minimum atomic E-state index is -0.929. The lowest BCUT2D eigenvalue weighted by Gasteiger charge is -2.16. The van der Waals surface area contributed by atoms with Crippen molar-refractivity contribution in [1.29, 1.82) is 0 Å². The molecule has 2 N–H and O–H groups in total. The van der Waals surface area contributed by atoms with Gasteiger partial charge >= 0.3 is 5.97 Å². The van der Waals surface area contributed by atoms with Crippen LogP contribution in [0, 0.1) is 11.3 Å². The van der Waals surface area contributed by atoms with Gasteiger partial charge in [-0.2, -0.15) is 0 Å². The molecule has 6 nitrogen and oxygen atoms in total. The van der Waals surface area contributed by atoms with Crippen molar-refractivity contribution in [1.82, 2.24) is 5.48 Å². The number of hydrogen-bond acceptors (Lipinski definition) is 5. The molecule has 2 aromatic rings. The van der Waals surface area contributed by atoms with Gasteiger partial charge in [0.2, 0.25) is 5.91 Å². The lowest BCUT2D eigenvalue weighted by molar-refractivity contribution is -0.152. The van der Waals surface area contributed by atoms with E-state index in [0.717, 1.165) is 5.56 Å². The molecule has 1 saturated carbocycles. The number of hydrogen-bond donors (Lipinski definition) is 2. The first-order valence-corrected chi connectivity index (χ1v) is 9.00. The van der Waals surface area contributed by atoms with Crippen LogP contribution in [0.2, 0.25) is 5.02 Å². The summed E-state index contributed by atoms with van der Waals surface area (Å²) in [5.41, 5.74) is 1.57. The van der Waals surface area contributed by atoms with E-state index >= 15 is 0 Å². The molecule has 2 atom stereocenters. The summed E-state index contributed by atoms with van der Waals surface area (Å²) in [6.07, 6.45) is 0.701. The quantitative estimate of drug-likeness (QED) is 0.428. The molecule has 0 aromatic heterocycles. The molecular weight excluding hydrogens is 370 g/mol. The molecule has 142 valence electrons. The Morgan fingerprint density at radius 3 is 2.30 bits per heavy atom. The average molecular weight is 390 g/mol. The Hall–Kier alpha value is -2.57. The maximum atomic E-state index is 12.4. The fraction of sp³-hybridized carbons (Fsp3) is 0.300. The largest absolute Gasteiger partial charge is 0.466 e. The van der Waals surface area contributed by atoms with Crippen molar-refractivity contribution in [2.75, 3.05) is 6.61 Å². The van der Waals surface area contributed by atoms with Crippen LogP contribution in [0.25, 0.3) is 0 Å². The highest BCUT2D eigenvalue weighted by atomic mass is 35.5. The van der Waals surface area contributed by atoms with Gasteiger partial charge in [-0.25, -0.2) is 5.48 Å². The highest BCUT2D eigenvalue weighted by Crippen LogP contribution is 2.56. The summed E-state index contributed by atoms with van der Waals surface area (Å²) >= 11 is 5.86. The van der Waals surface area contributed by atoms with Gasteiger partial charge in [-0.1, -0.05) is 23.7 Å². The Kier molecular flexibility index (Phi) is 5.68. The van der Waals surface area contributed by atoms with E-state index in [9.17, 15) is 9.59 Å². The van der Waals surface area contributed by atoms with Crippen molar-refractivity contribution < 1.29 is 24.3 Å². The van der Waals surface area contributed by atoms with Crippen molar-refractivity contribution in [3.05, 3.63) is 59.1 Å². The van der Waals surface area contributed by atoms with E-state index in [4.69, 9.17) is 26.3 Å². The number of benzene rings is 2. The van der Waals surface area contributed by atoms with Crippen molar-refractivity contribution in [3.8, 4) is 11.5 Å². The van der Waals surface area contributed by atoms with Crippen LogP contribution in [0.5, 0.6) is 11.5 Å². The monoisotopic (exact) mass is 389 g/mol. The van der Waals surface area contributed by atoms with Crippen molar-refractivity contribution in [2.45, 2.75) is 19.8 Å². The molecule has 3 rings (SSSR count). The van der Waals surface area contributed by atoms with Crippen LogP contribution in [-0.4, -0.2) is 23.7 Å². The summed E-state index contributed by atoms with van der Waals surface area (Å²) < 4.78 is 10.9. The first-order valence-electron chi connectivity index (χ1n) is 8.62. The zero-order valence-corrected chi connectivity index (χ0v) is 15.5. The molecule has 1 amide bonds. The topological polar surface area (TPSA) is 84.9 Å². The maximum Gasteiger partial charge on any atom is 0.313 e. The number of ether oxygens (including phenoxy) is 2. The van der Waals surface area contributed by atoms with Crippen LogP contribution in [0.1, 0.15) is 18.9 Å². The SMILES string of the molecule is CCOC(=O)C1(Cc2ccc(Oc3ccc(Cl)cc3)cc2)CC1C(=O)NO. The normalized spacial score (nSPS) is 20.6. The second-order valence-corrected chi connectivity index (χ2v) is 6.92. The van der Waals surface area contributed by atoms with Crippen molar-refractivity contribution in [3.63, 3.8) is 0 Å². The Morgan fingerprint density at radius 1 is 1.15 bits per heavy atom. The van der Waals surface area contributed by atoms with Crippen molar-refractivity contribution in [2.24, 2.45) is 11.3 Å². The average Bonchev–Trinajstić information content (AvgIpc) is 3.40. The Balaban J connectivity index is 1.71. The Bertz CT molecular complexity index is 821. The molecule has 1 fully saturated rings. The van der Waals surface area contributed by atoms with Gasteiger partial charge in [-0.05, 0) is 61.7 Å². The summed E-state index contributed by atoms with van der Waals surface area (Å²) in [6.45, 7) is 1.96. The number of halogens is 1. The molecule has 7 heteroatoms. The summed E-state index contributed by atoms with van der Waals surface area (Å²) in [7, 11) is 0. The predicted octanol–water partition coefficient (Wildman–Crippen LogP) is 3.75. The van der Waals surface area contributed by atoms with E-state index in [0.29, 0.717) is 29.4 Å². The number of nitrogens with one attached hydrogen (secondary N) is 1. The molecule has 0 heterocycles. The Morgan fingerprint density at radius 2 is 1.74 bits per heavy atom. The van der Waals surface area contributed by atoms with E-state index in [1.54, 1.807) is 48.8 Å². The van der Waals surface area contributed by atoms with Crippen LogP contribution < -0.4 is 10.2 Å². The van der Waals surface area contributed by atoms with Crippen LogP contribution in [0.15, 0.2) is 48.5 Å². The van der Waals surface area contributed by atoms with Gasteiger partial charge in [-0.15, -0.1) is 0 Å². The van der Waals surface area contributed by atoms with Crippen LogP contribution >= 0.6 is 11.6 Å². The smallest absolute Gasteiger partial charge is 0.313 e. The number of amides is 1. The number of esters is 1. The molecule has 1 aliphatic carbocycles. The third-order valence-electron chi connectivity index (χ3n) is 4.68. The van der Waals surface area contributed by atoms with Gasteiger partial charge in [0.25, 0.3) is 0 Å². The van der Waals surface area contributed by atoms with Gasteiger partial charge in [0, 0.05) is 5.02 Å². The summed E-state index contributed by atoms with van der Waals surface area (Å²) in [5, 5.41) is 9.50. The second kappa shape index (κ2) is 7.98. The first kappa shape index (κ1) is 19.2. The van der Waals surface area contributed by atoms with E-state index in [2.05, 4.69) is 0 Å². The third kappa shape index (κ3) is 4.23. The molecule has 0 aliphatic heterocycles. The van der Waals surface area contributed by atoms with Crippen LogP contribution in [0.4, 0.5) is 0 Å². The lowest BCUT2D eigenvalue weighted by atomic mass is 9.93. The van der Waals surface area contributed by atoms with Gasteiger partial charge in [0.15, 0.2) is 0 Å². The van der Waals surface area contributed by atoms with E-state index < -0.39 is 23.2 Å². The summed E-state index contributed by atoms with van der Waals surface area (Å²) in [6, 6.07) is 14.3. The molecule has 1 aliphatic rings. The molecule has 0 saturated heterocycles. The zero-order chi connectivity index (χ0) is 19.4. The Labute approximate surface area is 162 Å². The van der Waals surface area contributed by atoms with Crippen LogP contribution in [-0.2, 0) is 20.7 Å². The third-order valence-corrected chi connectivity index (χ3v) is 4.93. The van der Waals surface area contributed by atoms with Crippen LogP contribution in [0.3, 0.4) is 0 Å². The fourth-order valence-electron chi connectivity index (χ4n) is 3.17. The number of hydroxylamine groups is 1. The van der Waals surface area contributed by atoms with Gasteiger partial charge in [-0.3, -0.25) is 14.8 Å². The highest BCUT2D eigenvalue weighted by molar-refractivity contribution is 6.30. The predicted molar refractivity (Wildman–Crippen MR) is 98.8 cm³/mol. The minimum absolute atomic E-state index is 0.238. The molecular formula is C20H20ClNO5. The van der Waals surface area contributed by atoms with E-state index in [-0.39, 0.29) is 6.61 Å². The summed E-state index contributed by atoms with van der Waals surface area (Å²) in [5.74, 6) is -0.263. The number of rotatable bonds is 7. The zero-order valence-electron chi connectivity index (χ0n) is 14.8. The molecule has 2 unspecified atom stereocenters. The summed E-state index contributed by atoms with van der Waals surface area (Å²) in [4.78, 5) is 24.2. The van der Waals surface area contributed by atoms with Gasteiger partial charge in [0.1, 0.15) is 11.5 Å². The van der Waals surface area contributed by atoms with Gasteiger partial charge in [0.05, 0.1) is 17.9 Å². The minimum Gasteiger partial charge on any atom is -0.466 e. The van der Waals surface area contributed by atoms with E-state index in [1.165, 1.54) is 0 Å². The van der Waals surface area contributed by atoms with Gasteiger partial charge < -0.3 is 9.47 Å². The molecule has 0 bridgehead atoms. The fourth-order valence-corrected chi connectivity index (χ4v) is 3.30. The number of carbonyl (C=O) groups excluding carboxylic acids is 2. The maximum absolute atomic E-state index is 12.4. The lowest BCUT2D eigenvalue weighted by Crippen LogP contribution is -2.30. The molecule has 27 heavy (non-hydrogen) atoms. The molecule has 0 spiro atoms. The molecule has 2 aromatic carbocycles. The standard InChI is InChI=1S/C20H20ClNO5/c1-2-26-19(24)20(12-17(20)18(23)22-25)11-13-3-7-15(8-4-13)27-16-9-5-14(21)6-10-16/h3-10,17,25H,2,11-12H2,1H3,(H,22,23). The first-order chi connectivity index (χ1) is 13.0. The van der Waals surface area contributed by atoms with E-state index in [1.807, 2.05) is 12.1 Å². The second-order valence-electron chi connectivity index (χ2n) is 6.49. The van der Waals surface area contributed by atoms with Crippen molar-refractivity contribution >= 4 is 23.5 Å². The number of carbonyl (C=O) groups is 2.